The third-order valence-corrected chi connectivity index (χ3v) is 4.25. The molecule has 0 amide bonds. The molecule has 8 heteroatoms. The van der Waals surface area contributed by atoms with Gasteiger partial charge in [0.15, 0.2) is 5.65 Å². The van der Waals surface area contributed by atoms with Gasteiger partial charge >= 0.3 is 0 Å². The summed E-state index contributed by atoms with van der Waals surface area (Å²) in [5.41, 5.74) is 0.765. The Hall–Kier alpha value is -2.22. The van der Waals surface area contributed by atoms with Crippen LogP contribution in [-0.2, 0) is 0 Å². The van der Waals surface area contributed by atoms with Crippen LogP contribution in [0, 0.1) is 0 Å². The number of rotatable bonds is 3. The van der Waals surface area contributed by atoms with Gasteiger partial charge in [0.1, 0.15) is 18.2 Å². The maximum absolute atomic E-state index is 5.87. The van der Waals surface area contributed by atoms with E-state index in [1.54, 1.807) is 17.0 Å². The molecule has 0 N–H and O–H groups in total. The fraction of sp³-hybridized carbons (Fsp3) is 0.385. The van der Waals surface area contributed by atoms with Crippen molar-refractivity contribution in [1.82, 2.24) is 24.8 Å². The van der Waals surface area contributed by atoms with Gasteiger partial charge in [-0.2, -0.15) is 4.52 Å². The molecular weight excluding hydrogens is 288 g/mol. The van der Waals surface area contributed by atoms with Gasteiger partial charge in [-0.3, -0.25) is 0 Å². The molecule has 3 aromatic rings. The summed E-state index contributed by atoms with van der Waals surface area (Å²) in [5.74, 6) is 0.954. The molecule has 7 nitrogen and oxygen atoms in total. The normalized spacial score (nSPS) is 16.5. The average Bonchev–Trinajstić information content (AvgIpc) is 3.18. The summed E-state index contributed by atoms with van der Waals surface area (Å²) >= 11 is 1.54. The minimum atomic E-state index is 0.242. The number of nitrogens with zero attached hydrogens (tertiary/aromatic N) is 6. The molecule has 0 bridgehead atoms. The standard InChI is InChI=1S/C13H14N6OS/c1-2-12(17-19-9-15-16-11(1)19)18-6-3-10(4-7-18)20-13-14-5-8-21-13/h1-2,5,8-10H,3-4,6-7H2. The summed E-state index contributed by atoms with van der Waals surface area (Å²) < 4.78 is 7.57. The van der Waals surface area contributed by atoms with E-state index in [-0.39, 0.29) is 6.10 Å². The topological polar surface area (TPSA) is 68.4 Å². The molecule has 0 radical (unpaired) electrons. The number of anilines is 1. The van der Waals surface area contributed by atoms with Crippen LogP contribution in [0.2, 0.25) is 0 Å². The molecule has 0 spiro atoms. The highest BCUT2D eigenvalue weighted by Crippen LogP contribution is 2.23. The SMILES string of the molecule is c1csc(OC2CCN(c3ccc4nncn4n3)CC2)n1. The zero-order valence-corrected chi connectivity index (χ0v) is 12.1. The molecule has 0 atom stereocenters. The third kappa shape index (κ3) is 2.54. The van der Waals surface area contributed by atoms with Gasteiger partial charge in [-0.1, -0.05) is 11.3 Å². The lowest BCUT2D eigenvalue weighted by molar-refractivity contribution is 0.170. The first-order chi connectivity index (χ1) is 10.4. The lowest BCUT2D eigenvalue weighted by atomic mass is 10.1. The molecule has 1 aliphatic heterocycles. The van der Waals surface area contributed by atoms with Crippen LogP contribution in [0.4, 0.5) is 5.82 Å². The van der Waals surface area contributed by atoms with Crippen LogP contribution in [0.15, 0.2) is 30.0 Å². The Morgan fingerprint density at radius 1 is 1.24 bits per heavy atom. The van der Waals surface area contributed by atoms with Crippen LogP contribution in [0.3, 0.4) is 0 Å². The maximum atomic E-state index is 5.87. The molecule has 0 aromatic carbocycles. The van der Waals surface area contributed by atoms with Gasteiger partial charge in [-0.15, -0.1) is 15.3 Å². The van der Waals surface area contributed by atoms with Gasteiger partial charge in [0.05, 0.1) is 0 Å². The maximum Gasteiger partial charge on any atom is 0.273 e. The fourth-order valence-electron chi connectivity index (χ4n) is 2.50. The Kier molecular flexibility index (Phi) is 3.15. The molecule has 4 rings (SSSR count). The highest BCUT2D eigenvalue weighted by Gasteiger charge is 2.22. The minimum absolute atomic E-state index is 0.242. The van der Waals surface area contributed by atoms with E-state index >= 15 is 0 Å². The van der Waals surface area contributed by atoms with Gasteiger partial charge in [0.2, 0.25) is 0 Å². The average molecular weight is 302 g/mol. The van der Waals surface area contributed by atoms with E-state index in [4.69, 9.17) is 4.74 Å². The third-order valence-electron chi connectivity index (χ3n) is 3.59. The van der Waals surface area contributed by atoms with Crippen molar-refractivity contribution in [3.63, 3.8) is 0 Å². The van der Waals surface area contributed by atoms with E-state index in [1.165, 1.54) is 11.3 Å². The van der Waals surface area contributed by atoms with Crippen LogP contribution in [-0.4, -0.2) is 44.0 Å². The van der Waals surface area contributed by atoms with Gasteiger partial charge in [0, 0.05) is 37.5 Å². The summed E-state index contributed by atoms with van der Waals surface area (Å²) in [5, 5.41) is 15.0. The van der Waals surface area contributed by atoms with Gasteiger partial charge in [-0.05, 0) is 12.1 Å². The Balaban J connectivity index is 1.42. The van der Waals surface area contributed by atoms with Crippen molar-refractivity contribution in [2.45, 2.75) is 18.9 Å². The van der Waals surface area contributed by atoms with Crippen LogP contribution in [0.25, 0.3) is 5.65 Å². The second-order valence-electron chi connectivity index (χ2n) is 4.93. The summed E-state index contributed by atoms with van der Waals surface area (Å²) in [6, 6.07) is 3.93. The fourth-order valence-corrected chi connectivity index (χ4v) is 3.05. The molecule has 21 heavy (non-hydrogen) atoms. The highest BCUT2D eigenvalue weighted by atomic mass is 32.1. The summed E-state index contributed by atoms with van der Waals surface area (Å²) in [6.07, 6.45) is 5.58. The predicted molar refractivity (Wildman–Crippen MR) is 78.8 cm³/mol. The van der Waals surface area contributed by atoms with E-state index in [0.717, 1.165) is 42.6 Å². The first-order valence-electron chi connectivity index (χ1n) is 6.87. The molecule has 1 saturated heterocycles. The number of piperidine rings is 1. The highest BCUT2D eigenvalue weighted by molar-refractivity contribution is 7.11. The second kappa shape index (κ2) is 5.28. The lowest BCUT2D eigenvalue weighted by Crippen LogP contribution is -2.38. The van der Waals surface area contributed by atoms with E-state index in [9.17, 15) is 0 Å². The number of aromatic nitrogens is 5. The number of fused-ring (bicyclic) bond motifs is 1. The van der Waals surface area contributed by atoms with Crippen molar-refractivity contribution in [2.75, 3.05) is 18.0 Å². The summed E-state index contributed by atoms with van der Waals surface area (Å²) in [7, 11) is 0. The number of hydrogen-bond acceptors (Lipinski definition) is 7. The van der Waals surface area contributed by atoms with Crippen LogP contribution >= 0.6 is 11.3 Å². The number of thiazole rings is 1. The molecule has 4 heterocycles. The Bertz CT molecular complexity index is 719. The second-order valence-corrected chi connectivity index (χ2v) is 5.78. The first kappa shape index (κ1) is 12.5. The lowest BCUT2D eigenvalue weighted by Gasteiger charge is -2.32. The van der Waals surface area contributed by atoms with Crippen molar-refractivity contribution < 1.29 is 4.74 Å². The Labute approximate surface area is 125 Å². The quantitative estimate of drug-likeness (QED) is 0.732. The van der Waals surface area contributed by atoms with Crippen molar-refractivity contribution in [3.8, 4) is 5.19 Å². The number of hydrogen-bond donors (Lipinski definition) is 0. The Morgan fingerprint density at radius 3 is 2.95 bits per heavy atom. The zero-order valence-electron chi connectivity index (χ0n) is 11.3. The molecule has 0 aliphatic carbocycles. The predicted octanol–water partition coefficient (Wildman–Crippen LogP) is 1.63. The molecule has 1 fully saturated rings. The molecule has 3 aromatic heterocycles. The van der Waals surface area contributed by atoms with E-state index in [2.05, 4.69) is 25.2 Å². The van der Waals surface area contributed by atoms with Gasteiger partial charge in [-0.25, -0.2) is 4.98 Å². The molecular formula is C13H14N6OS. The van der Waals surface area contributed by atoms with Crippen molar-refractivity contribution >= 4 is 22.8 Å². The smallest absolute Gasteiger partial charge is 0.273 e. The molecule has 0 unspecified atom stereocenters. The summed E-state index contributed by atoms with van der Waals surface area (Å²) in [4.78, 5) is 6.43. The van der Waals surface area contributed by atoms with E-state index < -0.39 is 0 Å². The van der Waals surface area contributed by atoms with Gasteiger partial charge in [0.25, 0.3) is 5.19 Å². The van der Waals surface area contributed by atoms with Crippen LogP contribution in [0.1, 0.15) is 12.8 Å². The molecule has 0 saturated carbocycles. The van der Waals surface area contributed by atoms with E-state index in [0.29, 0.717) is 0 Å². The summed E-state index contributed by atoms with van der Waals surface area (Å²) in [6.45, 7) is 1.85. The Morgan fingerprint density at radius 2 is 2.14 bits per heavy atom. The van der Waals surface area contributed by atoms with Crippen molar-refractivity contribution in [2.24, 2.45) is 0 Å². The zero-order chi connectivity index (χ0) is 14.1. The van der Waals surface area contributed by atoms with E-state index in [1.807, 2.05) is 17.5 Å². The molecule has 1 aliphatic rings. The van der Waals surface area contributed by atoms with Crippen LogP contribution < -0.4 is 9.64 Å². The molecule has 108 valence electrons. The van der Waals surface area contributed by atoms with Crippen molar-refractivity contribution in [1.29, 1.82) is 0 Å². The first-order valence-corrected chi connectivity index (χ1v) is 7.74. The largest absolute Gasteiger partial charge is 0.467 e. The van der Waals surface area contributed by atoms with Crippen LogP contribution in [0.5, 0.6) is 5.19 Å². The number of ether oxygens (including phenoxy) is 1. The van der Waals surface area contributed by atoms with Gasteiger partial charge < -0.3 is 9.64 Å². The van der Waals surface area contributed by atoms with Crippen molar-refractivity contribution in [3.05, 3.63) is 30.0 Å². The monoisotopic (exact) mass is 302 g/mol. The minimum Gasteiger partial charge on any atom is -0.467 e.